The van der Waals surface area contributed by atoms with E-state index in [4.69, 9.17) is 0 Å². The van der Waals surface area contributed by atoms with E-state index in [1.165, 1.54) is 0 Å². The number of hydrogen-bond donors (Lipinski definition) is 1. The molecule has 1 N–H and O–H groups in total. The maximum Gasteiger partial charge on any atom is 0.573 e. The minimum Gasteiger partial charge on any atom is -0.406 e. The Morgan fingerprint density at radius 2 is 1.91 bits per heavy atom. The fourth-order valence-corrected chi connectivity index (χ4v) is 2.87. The number of hydrogen-bond acceptors (Lipinski definition) is 4. The third-order valence-electron chi connectivity index (χ3n) is 2.81. The van der Waals surface area contributed by atoms with Gasteiger partial charge in [0.25, 0.3) is 0 Å². The van der Waals surface area contributed by atoms with Crippen molar-refractivity contribution >= 4 is 10.0 Å². The van der Waals surface area contributed by atoms with E-state index in [0.717, 1.165) is 24.3 Å². The maximum absolute atomic E-state index is 12.0. The zero-order valence-corrected chi connectivity index (χ0v) is 12.6. The molecule has 2 aromatic rings. The summed E-state index contributed by atoms with van der Waals surface area (Å²) in [6, 6.07) is 4.01. The Balaban J connectivity index is 1.88. The van der Waals surface area contributed by atoms with Crippen LogP contribution < -0.4 is 9.46 Å². The summed E-state index contributed by atoms with van der Waals surface area (Å²) in [6.07, 6.45) is 0.729. The van der Waals surface area contributed by atoms with Crippen LogP contribution in [0.25, 0.3) is 0 Å². The van der Waals surface area contributed by atoms with Gasteiger partial charge >= 0.3 is 6.36 Å². The van der Waals surface area contributed by atoms with Gasteiger partial charge in [-0.2, -0.15) is 0 Å². The van der Waals surface area contributed by atoms with Crippen molar-refractivity contribution in [2.45, 2.75) is 24.2 Å². The molecular formula is C13H14F3N3O3S. The van der Waals surface area contributed by atoms with E-state index in [2.05, 4.69) is 14.4 Å². The molecule has 126 valence electrons. The van der Waals surface area contributed by atoms with Crippen LogP contribution >= 0.6 is 0 Å². The number of benzene rings is 1. The Bertz CT molecular complexity index is 713. The molecule has 2 rings (SSSR count). The summed E-state index contributed by atoms with van der Waals surface area (Å²) in [5.41, 5.74) is 0. The number of nitrogens with zero attached hydrogens (tertiary/aromatic N) is 2. The summed E-state index contributed by atoms with van der Waals surface area (Å²) in [6.45, 7) is 0.794. The second kappa shape index (κ2) is 7.01. The molecule has 23 heavy (non-hydrogen) atoms. The molecule has 10 heteroatoms. The van der Waals surface area contributed by atoms with Crippen LogP contribution in [0.4, 0.5) is 13.2 Å². The predicted molar refractivity (Wildman–Crippen MR) is 75.2 cm³/mol. The number of imidazole rings is 1. The fraction of sp³-hybridized carbons (Fsp3) is 0.308. The molecule has 0 amide bonds. The van der Waals surface area contributed by atoms with Crippen molar-refractivity contribution in [3.8, 4) is 5.75 Å². The molecule has 0 atom stereocenters. The normalized spacial score (nSPS) is 12.3. The van der Waals surface area contributed by atoms with Gasteiger partial charge in [0.2, 0.25) is 10.0 Å². The molecule has 0 fully saturated rings. The van der Waals surface area contributed by atoms with Crippen LogP contribution in [-0.4, -0.2) is 30.9 Å². The molecule has 0 saturated heterocycles. The first kappa shape index (κ1) is 17.3. The van der Waals surface area contributed by atoms with Gasteiger partial charge in [-0.3, -0.25) is 0 Å². The van der Waals surface area contributed by atoms with Crippen LogP contribution in [0, 0.1) is 0 Å². The molecule has 0 saturated carbocycles. The smallest absolute Gasteiger partial charge is 0.406 e. The number of alkyl halides is 3. The fourth-order valence-electron chi connectivity index (χ4n) is 1.79. The van der Waals surface area contributed by atoms with E-state index < -0.39 is 22.1 Å². The molecule has 0 spiro atoms. The van der Waals surface area contributed by atoms with E-state index in [0.29, 0.717) is 13.0 Å². The number of ether oxygens (including phenoxy) is 1. The van der Waals surface area contributed by atoms with E-state index in [1.807, 2.05) is 0 Å². The molecule has 0 aliphatic carbocycles. The molecule has 6 nitrogen and oxygen atoms in total. The number of nitrogens with one attached hydrogen (secondary N) is 1. The molecule has 1 heterocycles. The van der Waals surface area contributed by atoms with Crippen molar-refractivity contribution in [2.75, 3.05) is 6.54 Å². The van der Waals surface area contributed by atoms with Gasteiger partial charge in [0.1, 0.15) is 5.75 Å². The Labute approximate surface area is 131 Å². The van der Waals surface area contributed by atoms with Crippen molar-refractivity contribution in [3.05, 3.63) is 43.0 Å². The average Bonchev–Trinajstić information content (AvgIpc) is 2.96. The third kappa shape index (κ3) is 5.57. The van der Waals surface area contributed by atoms with Gasteiger partial charge in [-0.05, 0) is 30.7 Å². The quantitative estimate of drug-likeness (QED) is 0.778. The molecule has 0 bridgehead atoms. The van der Waals surface area contributed by atoms with Crippen molar-refractivity contribution in [2.24, 2.45) is 0 Å². The highest BCUT2D eigenvalue weighted by molar-refractivity contribution is 7.89. The van der Waals surface area contributed by atoms with Crippen LogP contribution in [0.3, 0.4) is 0 Å². The van der Waals surface area contributed by atoms with E-state index in [1.54, 1.807) is 23.3 Å². The van der Waals surface area contributed by atoms with Crippen molar-refractivity contribution in [3.63, 3.8) is 0 Å². The van der Waals surface area contributed by atoms with Gasteiger partial charge in [-0.15, -0.1) is 13.2 Å². The van der Waals surface area contributed by atoms with E-state index in [9.17, 15) is 21.6 Å². The summed E-state index contributed by atoms with van der Waals surface area (Å²) in [5.74, 6) is -0.475. The molecule has 0 aliphatic heterocycles. The average molecular weight is 349 g/mol. The van der Waals surface area contributed by atoms with Gasteiger partial charge < -0.3 is 9.30 Å². The van der Waals surface area contributed by atoms with Crippen molar-refractivity contribution in [1.29, 1.82) is 0 Å². The van der Waals surface area contributed by atoms with Gasteiger partial charge in [-0.25, -0.2) is 18.1 Å². The Morgan fingerprint density at radius 1 is 1.22 bits per heavy atom. The lowest BCUT2D eigenvalue weighted by atomic mass is 10.3. The summed E-state index contributed by atoms with van der Waals surface area (Å²) in [7, 11) is -3.77. The number of aryl methyl sites for hydroxylation is 1. The molecule has 0 aliphatic rings. The molecule has 0 radical (unpaired) electrons. The number of rotatable bonds is 7. The number of halogens is 3. The predicted octanol–water partition coefficient (Wildman–Crippen LogP) is 2.15. The number of aromatic nitrogens is 2. The maximum atomic E-state index is 12.0. The first-order valence-electron chi connectivity index (χ1n) is 6.57. The lowest BCUT2D eigenvalue weighted by Crippen LogP contribution is -2.25. The van der Waals surface area contributed by atoms with Crippen LogP contribution in [0.2, 0.25) is 0 Å². The largest absolute Gasteiger partial charge is 0.573 e. The Morgan fingerprint density at radius 3 is 2.48 bits per heavy atom. The van der Waals surface area contributed by atoms with Crippen molar-refractivity contribution in [1.82, 2.24) is 14.3 Å². The lowest BCUT2D eigenvalue weighted by molar-refractivity contribution is -0.274. The topological polar surface area (TPSA) is 73.2 Å². The zero-order valence-electron chi connectivity index (χ0n) is 11.8. The van der Waals surface area contributed by atoms with Crippen LogP contribution in [0.5, 0.6) is 5.75 Å². The number of sulfonamides is 1. The van der Waals surface area contributed by atoms with Gasteiger partial charge in [0.15, 0.2) is 0 Å². The second-order valence-corrected chi connectivity index (χ2v) is 6.34. The highest BCUT2D eigenvalue weighted by Crippen LogP contribution is 2.23. The summed E-state index contributed by atoms with van der Waals surface area (Å²) in [5, 5.41) is 0. The molecule has 1 aromatic carbocycles. The monoisotopic (exact) mass is 349 g/mol. The summed E-state index contributed by atoms with van der Waals surface area (Å²) < 4.78 is 68.0. The highest BCUT2D eigenvalue weighted by atomic mass is 32.2. The van der Waals surface area contributed by atoms with Crippen LogP contribution in [-0.2, 0) is 16.6 Å². The minimum atomic E-state index is -4.81. The third-order valence-corrected chi connectivity index (χ3v) is 4.29. The first-order valence-corrected chi connectivity index (χ1v) is 8.06. The first-order chi connectivity index (χ1) is 10.8. The van der Waals surface area contributed by atoms with Gasteiger partial charge in [-0.1, -0.05) is 0 Å². The minimum absolute atomic E-state index is 0.130. The molecular weight excluding hydrogens is 335 g/mol. The van der Waals surface area contributed by atoms with E-state index >= 15 is 0 Å². The summed E-state index contributed by atoms with van der Waals surface area (Å²) in [4.78, 5) is 3.73. The summed E-state index contributed by atoms with van der Waals surface area (Å²) >= 11 is 0. The van der Waals surface area contributed by atoms with E-state index in [-0.39, 0.29) is 11.4 Å². The van der Waals surface area contributed by atoms with Gasteiger partial charge in [0.05, 0.1) is 11.2 Å². The van der Waals surface area contributed by atoms with Crippen LogP contribution in [0.1, 0.15) is 6.42 Å². The molecule has 0 unspecified atom stereocenters. The second-order valence-electron chi connectivity index (χ2n) is 4.57. The zero-order chi connectivity index (χ0) is 16.9. The lowest BCUT2D eigenvalue weighted by Gasteiger charge is -2.10. The van der Waals surface area contributed by atoms with Gasteiger partial charge in [0, 0.05) is 25.5 Å². The SMILES string of the molecule is O=S(=O)(NCCCn1ccnc1)c1ccc(OC(F)(F)F)cc1. The highest BCUT2D eigenvalue weighted by Gasteiger charge is 2.31. The van der Waals surface area contributed by atoms with Crippen LogP contribution in [0.15, 0.2) is 47.9 Å². The Hall–Kier alpha value is -2.07. The Kier molecular flexibility index (Phi) is 5.26. The van der Waals surface area contributed by atoms with Crippen molar-refractivity contribution < 1.29 is 26.3 Å². The molecule has 1 aromatic heterocycles. The standard InChI is InChI=1S/C13H14F3N3O3S/c14-13(15,16)22-11-2-4-12(5-3-11)23(20,21)18-6-1-8-19-9-7-17-10-19/h2-5,7,9-10,18H,1,6,8H2.